The highest BCUT2D eigenvalue weighted by Crippen LogP contribution is 2.35. The summed E-state index contributed by atoms with van der Waals surface area (Å²) in [6, 6.07) is 3.50. The fourth-order valence-electron chi connectivity index (χ4n) is 1.14. The second-order valence-corrected chi connectivity index (χ2v) is 4.00. The van der Waals surface area contributed by atoms with Crippen molar-refractivity contribution in [1.82, 2.24) is 0 Å². The quantitative estimate of drug-likeness (QED) is 0.890. The Morgan fingerprint density at radius 1 is 1.54 bits per heavy atom. The number of aliphatic hydroxyl groups is 1. The minimum atomic E-state index is -0.629. The van der Waals surface area contributed by atoms with Gasteiger partial charge in [0.15, 0.2) is 0 Å². The predicted octanol–water partition coefficient (Wildman–Crippen LogP) is 3.16. The van der Waals surface area contributed by atoms with Crippen molar-refractivity contribution < 1.29 is 9.84 Å². The maximum absolute atomic E-state index is 9.43. The topological polar surface area (TPSA) is 29.5 Å². The summed E-state index contributed by atoms with van der Waals surface area (Å²) < 4.78 is 5.93. The Morgan fingerprint density at radius 2 is 2.15 bits per heavy atom. The minimum absolute atomic E-state index is 0.501. The van der Waals surface area contributed by atoms with Gasteiger partial charge in [-0.1, -0.05) is 27.5 Å². The third kappa shape index (κ3) is 2.36. The van der Waals surface area contributed by atoms with E-state index in [-0.39, 0.29) is 0 Å². The summed E-state index contributed by atoms with van der Waals surface area (Å²) in [4.78, 5) is 0. The predicted molar refractivity (Wildman–Crippen MR) is 56.3 cm³/mol. The molecule has 1 aromatic rings. The van der Waals surface area contributed by atoms with Crippen LogP contribution in [0, 0.1) is 0 Å². The molecule has 1 unspecified atom stereocenters. The molecule has 0 heterocycles. The van der Waals surface area contributed by atoms with E-state index < -0.39 is 6.10 Å². The molecule has 1 N–H and O–H groups in total. The van der Waals surface area contributed by atoms with Gasteiger partial charge in [-0.25, -0.2) is 0 Å². The molecule has 0 radical (unpaired) electrons. The number of benzene rings is 1. The zero-order chi connectivity index (χ0) is 10.0. The van der Waals surface area contributed by atoms with Crippen molar-refractivity contribution >= 4 is 27.5 Å². The van der Waals surface area contributed by atoms with Crippen molar-refractivity contribution in [2.45, 2.75) is 13.0 Å². The molecule has 0 aliphatic rings. The van der Waals surface area contributed by atoms with Gasteiger partial charge in [0, 0.05) is 10.0 Å². The molecule has 0 bridgehead atoms. The first-order valence-electron chi connectivity index (χ1n) is 3.77. The van der Waals surface area contributed by atoms with Gasteiger partial charge in [0.25, 0.3) is 0 Å². The first-order chi connectivity index (χ1) is 6.06. The SMILES string of the molecule is COc1cc(Br)cc(Cl)c1C(C)O. The van der Waals surface area contributed by atoms with Gasteiger partial charge in [-0.2, -0.15) is 0 Å². The standard InChI is InChI=1S/C9H10BrClO2/c1-5(12)9-7(11)3-6(10)4-8(9)13-2/h3-5,12H,1-2H3. The number of rotatable bonds is 2. The first kappa shape index (κ1) is 10.8. The van der Waals surface area contributed by atoms with Crippen LogP contribution in [0.25, 0.3) is 0 Å². The summed E-state index contributed by atoms with van der Waals surface area (Å²) in [5.41, 5.74) is 0.618. The van der Waals surface area contributed by atoms with Gasteiger partial charge in [0.1, 0.15) is 5.75 Å². The van der Waals surface area contributed by atoms with Crippen LogP contribution < -0.4 is 4.74 Å². The average Bonchev–Trinajstić information content (AvgIpc) is 2.01. The van der Waals surface area contributed by atoms with Crippen molar-refractivity contribution in [2.75, 3.05) is 7.11 Å². The molecule has 0 aliphatic heterocycles. The van der Waals surface area contributed by atoms with Crippen molar-refractivity contribution in [3.8, 4) is 5.75 Å². The summed E-state index contributed by atoms with van der Waals surface area (Å²) in [6.07, 6.45) is -0.629. The summed E-state index contributed by atoms with van der Waals surface area (Å²) in [5.74, 6) is 0.592. The van der Waals surface area contributed by atoms with Crippen molar-refractivity contribution in [3.63, 3.8) is 0 Å². The highest BCUT2D eigenvalue weighted by molar-refractivity contribution is 9.10. The lowest BCUT2D eigenvalue weighted by atomic mass is 10.1. The molecule has 0 saturated heterocycles. The summed E-state index contributed by atoms with van der Waals surface area (Å²) in [5, 5.41) is 9.93. The van der Waals surface area contributed by atoms with Crippen molar-refractivity contribution in [3.05, 3.63) is 27.2 Å². The Hall–Kier alpha value is -0.250. The highest BCUT2D eigenvalue weighted by Gasteiger charge is 2.13. The van der Waals surface area contributed by atoms with Crippen LogP contribution in [0.2, 0.25) is 5.02 Å². The Morgan fingerprint density at radius 3 is 2.62 bits per heavy atom. The van der Waals surface area contributed by atoms with E-state index in [4.69, 9.17) is 16.3 Å². The van der Waals surface area contributed by atoms with E-state index in [1.165, 1.54) is 0 Å². The van der Waals surface area contributed by atoms with Crippen LogP contribution in [0.5, 0.6) is 5.75 Å². The molecule has 72 valence electrons. The zero-order valence-corrected chi connectivity index (χ0v) is 9.69. The van der Waals surface area contributed by atoms with Crippen LogP contribution in [-0.2, 0) is 0 Å². The second kappa shape index (κ2) is 4.31. The molecule has 1 rings (SSSR count). The lowest BCUT2D eigenvalue weighted by molar-refractivity contribution is 0.194. The number of ether oxygens (including phenoxy) is 1. The van der Waals surface area contributed by atoms with Crippen LogP contribution >= 0.6 is 27.5 Å². The summed E-state index contributed by atoms with van der Waals surface area (Å²) in [6.45, 7) is 1.65. The summed E-state index contributed by atoms with van der Waals surface area (Å²) >= 11 is 9.23. The van der Waals surface area contributed by atoms with E-state index in [0.717, 1.165) is 4.47 Å². The first-order valence-corrected chi connectivity index (χ1v) is 4.94. The van der Waals surface area contributed by atoms with Gasteiger partial charge >= 0.3 is 0 Å². The van der Waals surface area contributed by atoms with Crippen LogP contribution in [0.1, 0.15) is 18.6 Å². The molecule has 2 nitrogen and oxygen atoms in total. The molecule has 0 saturated carbocycles. The monoisotopic (exact) mass is 264 g/mol. The normalized spacial score (nSPS) is 12.7. The molecular weight excluding hydrogens is 255 g/mol. The second-order valence-electron chi connectivity index (χ2n) is 2.68. The van der Waals surface area contributed by atoms with Gasteiger partial charge in [-0.15, -0.1) is 0 Å². The lowest BCUT2D eigenvalue weighted by Gasteiger charge is -2.13. The third-order valence-electron chi connectivity index (χ3n) is 1.69. The highest BCUT2D eigenvalue weighted by atomic mass is 79.9. The smallest absolute Gasteiger partial charge is 0.127 e. The van der Waals surface area contributed by atoms with Crippen LogP contribution in [0.3, 0.4) is 0 Å². The maximum Gasteiger partial charge on any atom is 0.127 e. The van der Waals surface area contributed by atoms with E-state index >= 15 is 0 Å². The molecule has 1 atom stereocenters. The Kier molecular flexibility index (Phi) is 3.59. The number of halogens is 2. The number of methoxy groups -OCH3 is 1. The molecule has 0 fully saturated rings. The fraction of sp³-hybridized carbons (Fsp3) is 0.333. The van der Waals surface area contributed by atoms with E-state index in [9.17, 15) is 5.11 Å². The molecule has 13 heavy (non-hydrogen) atoms. The molecule has 4 heteroatoms. The average molecular weight is 266 g/mol. The van der Waals surface area contributed by atoms with Gasteiger partial charge in [-0.05, 0) is 19.1 Å². The van der Waals surface area contributed by atoms with Crippen LogP contribution in [-0.4, -0.2) is 12.2 Å². The van der Waals surface area contributed by atoms with E-state index in [0.29, 0.717) is 16.3 Å². The Balaban J connectivity index is 3.30. The Bertz CT molecular complexity index is 313. The van der Waals surface area contributed by atoms with Crippen LogP contribution in [0.15, 0.2) is 16.6 Å². The number of aliphatic hydroxyl groups excluding tert-OH is 1. The molecule has 0 aliphatic carbocycles. The van der Waals surface area contributed by atoms with Crippen LogP contribution in [0.4, 0.5) is 0 Å². The molecule has 1 aromatic carbocycles. The molecule has 0 aromatic heterocycles. The molecular formula is C9H10BrClO2. The van der Waals surface area contributed by atoms with E-state index in [1.807, 2.05) is 0 Å². The molecule has 0 spiro atoms. The van der Waals surface area contributed by atoms with Crippen molar-refractivity contribution in [2.24, 2.45) is 0 Å². The number of hydrogen-bond acceptors (Lipinski definition) is 2. The summed E-state index contributed by atoms with van der Waals surface area (Å²) in [7, 11) is 1.55. The fourth-order valence-corrected chi connectivity index (χ4v) is 2.07. The largest absolute Gasteiger partial charge is 0.496 e. The Labute approximate surface area is 90.6 Å². The number of hydrogen-bond donors (Lipinski definition) is 1. The van der Waals surface area contributed by atoms with Gasteiger partial charge in [0.2, 0.25) is 0 Å². The maximum atomic E-state index is 9.43. The lowest BCUT2D eigenvalue weighted by Crippen LogP contribution is -1.97. The van der Waals surface area contributed by atoms with Gasteiger partial charge < -0.3 is 9.84 Å². The van der Waals surface area contributed by atoms with E-state index in [1.54, 1.807) is 26.2 Å². The van der Waals surface area contributed by atoms with E-state index in [2.05, 4.69) is 15.9 Å². The van der Waals surface area contributed by atoms with Gasteiger partial charge in [-0.3, -0.25) is 0 Å². The van der Waals surface area contributed by atoms with Crippen molar-refractivity contribution in [1.29, 1.82) is 0 Å². The molecule has 0 amide bonds. The minimum Gasteiger partial charge on any atom is -0.496 e. The zero-order valence-electron chi connectivity index (χ0n) is 7.34. The van der Waals surface area contributed by atoms with Gasteiger partial charge in [0.05, 0.1) is 18.2 Å². The third-order valence-corrected chi connectivity index (χ3v) is 2.46.